The molecule has 28 rings (SSSR count). The molecule has 618 valence electrons. The Balaban J connectivity index is 0.000000104. The lowest BCUT2D eigenvalue weighted by Crippen LogP contribution is -1.91. The van der Waals surface area contributed by atoms with Crippen LogP contribution < -0.4 is 0 Å². The fourth-order valence-corrected chi connectivity index (χ4v) is 24.6. The van der Waals surface area contributed by atoms with Crippen molar-refractivity contribution in [1.29, 1.82) is 0 Å². The second-order valence-corrected chi connectivity index (χ2v) is 38.3. The highest BCUT2D eigenvalue weighted by Gasteiger charge is 2.24. The average molecular weight is 1740 g/mol. The molecular formula is C130H80S3. The van der Waals surface area contributed by atoms with E-state index in [1.807, 2.05) is 34.0 Å². The van der Waals surface area contributed by atoms with Crippen LogP contribution in [0.15, 0.2) is 485 Å². The summed E-state index contributed by atoms with van der Waals surface area (Å²) in [5.41, 5.74) is 22.7. The van der Waals surface area contributed by atoms with Crippen LogP contribution in [0.1, 0.15) is 0 Å². The van der Waals surface area contributed by atoms with E-state index in [0.717, 1.165) is 0 Å². The van der Waals surface area contributed by atoms with E-state index in [9.17, 15) is 0 Å². The van der Waals surface area contributed by atoms with Crippen molar-refractivity contribution >= 4 is 202 Å². The highest BCUT2D eigenvalue weighted by molar-refractivity contribution is 7.26. The summed E-state index contributed by atoms with van der Waals surface area (Å²) in [5.74, 6) is 0. The SMILES string of the molecule is c1cc(-c2ccc3ccccc3c2)cc(-c2c3ccccc3c(-c3ccc4sc5cc6ccccc6cc5c4c3)c3ccccc23)c1.c1ccc(-c2ccc(-c3c4ccccc4c(-c4ccc5sc6cc7ccccc7cc6c5c4)c4ccccc34)cc2)cc1.c1ccc(-c2cccc(-c3c4ccccc4c(-c4ccc5sc6cc7ccccc7cc6c5c4)c4ccccc34)c2)cc1. The Bertz CT molecular complexity index is 9410. The van der Waals surface area contributed by atoms with Crippen molar-refractivity contribution in [3.63, 3.8) is 0 Å². The zero-order valence-corrected chi connectivity index (χ0v) is 74.9. The van der Waals surface area contributed by atoms with Crippen LogP contribution in [0, 0.1) is 0 Å². The standard InChI is InChI=1S/C46H28S.2C42H26S/c1-2-11-30-24-34(21-20-29(30)10-1)31-14-9-15-35(25-31)45-37-16-5-7-18-39(37)46(40-19-8-6-17-38(40)45)36-22-23-43-41(27-36)42-26-32-12-3-4-13-33(32)28-44(42)47-43;1-2-11-27(12-3-1)28-15-10-16-31(23-28)41-33-17-6-8-19-35(33)42(36-20-9-7-18-34(36)41)32-21-22-39-37(25-32)38-24-29-13-4-5-14-30(29)26-40(38)43-39;1-2-10-27(11-3-1)28-18-20-29(21-19-28)41-33-14-6-8-16-35(33)42(36-17-9-7-15-34(36)41)32-22-23-39-37(25-32)38-24-30-12-4-5-13-31(30)26-40(38)43-39/h1-28H;2*1-26H. The topological polar surface area (TPSA) is 0 Å². The van der Waals surface area contributed by atoms with E-state index in [0.29, 0.717) is 0 Å². The maximum absolute atomic E-state index is 2.43. The first kappa shape index (κ1) is 77.9. The van der Waals surface area contributed by atoms with E-state index in [-0.39, 0.29) is 0 Å². The number of rotatable bonds is 9. The van der Waals surface area contributed by atoms with Gasteiger partial charge in [-0.25, -0.2) is 0 Å². The van der Waals surface area contributed by atoms with Crippen molar-refractivity contribution in [1.82, 2.24) is 0 Å². The molecule has 0 amide bonds. The van der Waals surface area contributed by atoms with Crippen LogP contribution in [0.4, 0.5) is 0 Å². The maximum atomic E-state index is 2.43. The Labute approximate surface area is 781 Å². The Morgan fingerprint density at radius 1 is 0.0902 bits per heavy atom. The first-order valence-corrected chi connectivity index (χ1v) is 48.1. The molecule has 0 bridgehead atoms. The third-order valence-electron chi connectivity index (χ3n) is 27.4. The van der Waals surface area contributed by atoms with Crippen LogP contribution in [0.2, 0.25) is 0 Å². The smallest absolute Gasteiger partial charge is 0.0361 e. The predicted octanol–water partition coefficient (Wildman–Crippen LogP) is 38.7. The predicted molar refractivity (Wildman–Crippen MR) is 582 cm³/mol. The normalized spacial score (nSPS) is 11.8. The molecule has 0 radical (unpaired) electrons. The lowest BCUT2D eigenvalue weighted by molar-refractivity contribution is 1.61. The second-order valence-electron chi connectivity index (χ2n) is 35.1. The maximum Gasteiger partial charge on any atom is 0.0361 e. The van der Waals surface area contributed by atoms with Crippen LogP contribution in [0.5, 0.6) is 0 Å². The van der Waals surface area contributed by atoms with Gasteiger partial charge in [-0.05, 0) is 299 Å². The van der Waals surface area contributed by atoms with Crippen molar-refractivity contribution in [2.45, 2.75) is 0 Å². The zero-order valence-electron chi connectivity index (χ0n) is 72.4. The Morgan fingerprint density at radius 2 is 0.286 bits per heavy atom. The molecule has 0 saturated carbocycles. The third-order valence-corrected chi connectivity index (χ3v) is 30.8. The summed E-state index contributed by atoms with van der Waals surface area (Å²) < 4.78 is 8.01. The van der Waals surface area contributed by atoms with Crippen LogP contribution in [-0.2, 0) is 0 Å². The molecule has 0 N–H and O–H groups in total. The van der Waals surface area contributed by atoms with Gasteiger partial charge in [-0.15, -0.1) is 34.0 Å². The molecular weight excluding hydrogens is 1660 g/mol. The number of hydrogen-bond donors (Lipinski definition) is 0. The van der Waals surface area contributed by atoms with Crippen molar-refractivity contribution in [3.05, 3.63) is 485 Å². The molecule has 0 aliphatic rings. The first-order valence-electron chi connectivity index (χ1n) is 45.7. The summed E-state index contributed by atoms with van der Waals surface area (Å²) in [6.07, 6.45) is 0. The molecule has 0 unspecified atom stereocenters. The molecule has 0 spiro atoms. The molecule has 0 fully saturated rings. The summed E-state index contributed by atoms with van der Waals surface area (Å²) in [6.45, 7) is 0. The molecule has 0 nitrogen and oxygen atoms in total. The number of fused-ring (bicyclic) bond motifs is 19. The Hall–Kier alpha value is -16.2. The summed E-state index contributed by atoms with van der Waals surface area (Å²) in [4.78, 5) is 0. The second kappa shape index (κ2) is 32.4. The minimum atomic E-state index is 1.23. The van der Waals surface area contributed by atoms with E-state index >= 15 is 0 Å². The summed E-state index contributed by atoms with van der Waals surface area (Å²) in [7, 11) is 0. The zero-order chi connectivity index (χ0) is 87.6. The van der Waals surface area contributed by atoms with Crippen LogP contribution in [-0.4, -0.2) is 0 Å². The minimum absolute atomic E-state index is 1.23. The third kappa shape index (κ3) is 13.6. The Kier molecular flexibility index (Phi) is 19.0. The van der Waals surface area contributed by atoms with Crippen LogP contribution >= 0.6 is 34.0 Å². The minimum Gasteiger partial charge on any atom is -0.135 e. The summed E-state index contributed by atoms with van der Waals surface area (Å²) >= 11 is 5.66. The van der Waals surface area contributed by atoms with E-state index in [1.165, 1.54) is 268 Å². The molecule has 0 aliphatic carbocycles. The molecule has 0 atom stereocenters. The van der Waals surface area contributed by atoms with Crippen molar-refractivity contribution in [3.8, 4) is 100 Å². The highest BCUT2D eigenvalue weighted by atomic mass is 32.1. The van der Waals surface area contributed by atoms with Crippen molar-refractivity contribution < 1.29 is 0 Å². The lowest BCUT2D eigenvalue weighted by atomic mass is 9.85. The van der Waals surface area contributed by atoms with Crippen molar-refractivity contribution in [2.24, 2.45) is 0 Å². The van der Waals surface area contributed by atoms with Gasteiger partial charge in [0.2, 0.25) is 0 Å². The fourth-order valence-electron chi connectivity index (χ4n) is 21.3. The van der Waals surface area contributed by atoms with Gasteiger partial charge < -0.3 is 0 Å². The molecule has 25 aromatic carbocycles. The molecule has 3 heterocycles. The molecule has 133 heavy (non-hydrogen) atoms. The van der Waals surface area contributed by atoms with E-state index in [4.69, 9.17) is 0 Å². The summed E-state index contributed by atoms with van der Waals surface area (Å²) in [5, 5.41) is 33.7. The monoisotopic (exact) mass is 1740 g/mol. The molecule has 3 heteroatoms. The van der Waals surface area contributed by atoms with E-state index in [2.05, 4.69) is 485 Å². The average Bonchev–Trinajstić information content (AvgIpc) is 1.60. The van der Waals surface area contributed by atoms with Gasteiger partial charge in [-0.3, -0.25) is 0 Å². The molecule has 3 aromatic heterocycles. The van der Waals surface area contributed by atoms with Crippen LogP contribution in [0.3, 0.4) is 0 Å². The first-order chi connectivity index (χ1) is 65.9. The number of benzene rings is 25. The van der Waals surface area contributed by atoms with Gasteiger partial charge in [0.1, 0.15) is 0 Å². The van der Waals surface area contributed by atoms with Crippen LogP contribution in [0.25, 0.3) is 268 Å². The Morgan fingerprint density at radius 3 is 0.609 bits per heavy atom. The van der Waals surface area contributed by atoms with Gasteiger partial charge in [0.05, 0.1) is 0 Å². The van der Waals surface area contributed by atoms with Gasteiger partial charge in [0.15, 0.2) is 0 Å². The van der Waals surface area contributed by atoms with Gasteiger partial charge in [0.25, 0.3) is 0 Å². The fraction of sp³-hybridized carbons (Fsp3) is 0. The largest absolute Gasteiger partial charge is 0.135 e. The molecule has 0 aliphatic heterocycles. The van der Waals surface area contributed by atoms with E-state index in [1.54, 1.807) is 0 Å². The quantitative estimate of drug-likeness (QED) is 0.126. The van der Waals surface area contributed by atoms with E-state index < -0.39 is 0 Å². The van der Waals surface area contributed by atoms with Gasteiger partial charge in [-0.2, -0.15) is 0 Å². The van der Waals surface area contributed by atoms with Gasteiger partial charge >= 0.3 is 0 Å². The lowest BCUT2D eigenvalue weighted by Gasteiger charge is -2.18. The van der Waals surface area contributed by atoms with Gasteiger partial charge in [0, 0.05) is 60.5 Å². The van der Waals surface area contributed by atoms with Gasteiger partial charge in [-0.1, -0.05) is 394 Å². The molecule has 28 aromatic rings. The number of hydrogen-bond acceptors (Lipinski definition) is 3. The molecule has 0 saturated heterocycles. The summed E-state index contributed by atoms with van der Waals surface area (Å²) in [6, 6.07) is 179. The van der Waals surface area contributed by atoms with Crippen molar-refractivity contribution in [2.75, 3.05) is 0 Å². The highest BCUT2D eigenvalue weighted by Crippen LogP contribution is 2.52. The number of thiophene rings is 3.